The van der Waals surface area contributed by atoms with Gasteiger partial charge in [-0.25, -0.2) is 4.98 Å². The summed E-state index contributed by atoms with van der Waals surface area (Å²) in [6, 6.07) is 4.27. The first-order valence-electron chi connectivity index (χ1n) is 10.6. The number of hydrogen-bond acceptors (Lipinski definition) is 5. The van der Waals surface area contributed by atoms with E-state index in [1.54, 1.807) is 0 Å². The zero-order valence-corrected chi connectivity index (χ0v) is 20.4. The zero-order chi connectivity index (χ0) is 19.8. The van der Waals surface area contributed by atoms with Crippen molar-refractivity contribution in [2.24, 2.45) is 4.99 Å². The van der Waals surface area contributed by atoms with E-state index in [2.05, 4.69) is 56.4 Å². The monoisotopic (exact) mass is 516 g/mol. The highest BCUT2D eigenvalue weighted by molar-refractivity contribution is 14.0. The number of anilines is 1. The molecule has 7 nitrogen and oxygen atoms in total. The number of piperidine rings is 1. The van der Waals surface area contributed by atoms with Crippen LogP contribution in [-0.2, 0) is 11.3 Å². The average Bonchev–Trinajstić information content (AvgIpc) is 2.75. The van der Waals surface area contributed by atoms with E-state index in [0.29, 0.717) is 0 Å². The van der Waals surface area contributed by atoms with Gasteiger partial charge in [0.05, 0.1) is 13.2 Å². The molecule has 0 unspecified atom stereocenters. The van der Waals surface area contributed by atoms with Gasteiger partial charge in [0.15, 0.2) is 5.96 Å². The van der Waals surface area contributed by atoms with Gasteiger partial charge in [0, 0.05) is 58.1 Å². The number of pyridine rings is 1. The van der Waals surface area contributed by atoms with Gasteiger partial charge in [-0.15, -0.1) is 24.0 Å². The molecule has 0 bridgehead atoms. The SMILES string of the molecule is CN=C(NCc1ccnc(N2CCCCC2)c1)NCC(C)(C)N1CCOCC1.I. The van der Waals surface area contributed by atoms with Crippen LogP contribution >= 0.6 is 24.0 Å². The van der Waals surface area contributed by atoms with E-state index in [1.807, 2.05) is 13.2 Å². The van der Waals surface area contributed by atoms with E-state index in [1.165, 1.54) is 24.8 Å². The summed E-state index contributed by atoms with van der Waals surface area (Å²) in [5, 5.41) is 6.93. The molecule has 3 rings (SSSR count). The Morgan fingerprint density at radius 3 is 2.55 bits per heavy atom. The Bertz CT molecular complexity index is 642. The molecule has 0 spiro atoms. The van der Waals surface area contributed by atoms with E-state index in [9.17, 15) is 0 Å². The molecule has 0 radical (unpaired) electrons. The fourth-order valence-corrected chi connectivity index (χ4v) is 3.85. The van der Waals surface area contributed by atoms with Gasteiger partial charge < -0.3 is 20.3 Å². The Morgan fingerprint density at radius 2 is 1.86 bits per heavy atom. The number of halogens is 1. The highest BCUT2D eigenvalue weighted by Crippen LogP contribution is 2.18. The van der Waals surface area contributed by atoms with Crippen LogP contribution in [0, 0.1) is 0 Å². The van der Waals surface area contributed by atoms with Crippen molar-refractivity contribution in [3.05, 3.63) is 23.9 Å². The number of aromatic nitrogens is 1. The molecule has 29 heavy (non-hydrogen) atoms. The lowest BCUT2D eigenvalue weighted by Gasteiger charge is -2.41. The molecule has 8 heteroatoms. The highest BCUT2D eigenvalue weighted by Gasteiger charge is 2.28. The first-order valence-corrected chi connectivity index (χ1v) is 10.6. The Morgan fingerprint density at radius 1 is 1.14 bits per heavy atom. The molecule has 0 aromatic carbocycles. The summed E-state index contributed by atoms with van der Waals surface area (Å²) in [5.41, 5.74) is 1.28. The largest absolute Gasteiger partial charge is 0.379 e. The minimum atomic E-state index is 0. The molecule has 1 aromatic rings. The Hall–Kier alpha value is -1.13. The normalized spacial score (nSPS) is 18.9. The molecule has 3 heterocycles. The number of aliphatic imine (C=N–C) groups is 1. The summed E-state index contributed by atoms with van der Waals surface area (Å²) < 4.78 is 5.48. The van der Waals surface area contributed by atoms with Crippen molar-refractivity contribution in [3.8, 4) is 0 Å². The average molecular weight is 516 g/mol. The number of rotatable bonds is 6. The molecule has 0 saturated carbocycles. The van der Waals surface area contributed by atoms with Gasteiger partial charge in [-0.3, -0.25) is 9.89 Å². The number of ether oxygens (including phenoxy) is 1. The molecule has 0 atom stereocenters. The van der Waals surface area contributed by atoms with Crippen LogP contribution < -0.4 is 15.5 Å². The van der Waals surface area contributed by atoms with Crippen molar-refractivity contribution in [3.63, 3.8) is 0 Å². The predicted molar refractivity (Wildman–Crippen MR) is 130 cm³/mol. The number of nitrogens with one attached hydrogen (secondary N) is 2. The van der Waals surface area contributed by atoms with Crippen LogP contribution in [0.4, 0.5) is 5.82 Å². The van der Waals surface area contributed by atoms with Crippen molar-refractivity contribution in [1.82, 2.24) is 20.5 Å². The third-order valence-corrected chi connectivity index (χ3v) is 5.73. The maximum absolute atomic E-state index is 5.48. The van der Waals surface area contributed by atoms with E-state index in [-0.39, 0.29) is 29.5 Å². The lowest BCUT2D eigenvalue weighted by atomic mass is 10.0. The Balaban J connectivity index is 0.00000300. The van der Waals surface area contributed by atoms with Gasteiger partial charge in [-0.1, -0.05) is 0 Å². The number of nitrogens with zero attached hydrogens (tertiary/aromatic N) is 4. The fourth-order valence-electron chi connectivity index (χ4n) is 3.85. The molecule has 0 amide bonds. The van der Waals surface area contributed by atoms with E-state index in [0.717, 1.165) is 64.3 Å². The van der Waals surface area contributed by atoms with Gasteiger partial charge in [-0.2, -0.15) is 0 Å². The molecule has 0 aliphatic carbocycles. The Kier molecular flexibility index (Phi) is 9.91. The van der Waals surface area contributed by atoms with Gasteiger partial charge in [0.1, 0.15) is 5.82 Å². The van der Waals surface area contributed by atoms with Crippen LogP contribution in [0.5, 0.6) is 0 Å². The van der Waals surface area contributed by atoms with Gasteiger partial charge >= 0.3 is 0 Å². The summed E-state index contributed by atoms with van der Waals surface area (Å²) >= 11 is 0. The van der Waals surface area contributed by atoms with E-state index in [4.69, 9.17) is 4.74 Å². The smallest absolute Gasteiger partial charge is 0.191 e. The van der Waals surface area contributed by atoms with Crippen molar-refractivity contribution in [1.29, 1.82) is 0 Å². The maximum atomic E-state index is 5.48. The van der Waals surface area contributed by atoms with Crippen molar-refractivity contribution in [2.75, 3.05) is 57.9 Å². The molecule has 1 aromatic heterocycles. The quantitative estimate of drug-likeness (QED) is 0.344. The molecular weight excluding hydrogens is 479 g/mol. The number of morpholine rings is 1. The summed E-state index contributed by atoms with van der Waals surface area (Å²) in [5.74, 6) is 1.92. The molecule has 2 aliphatic heterocycles. The summed E-state index contributed by atoms with van der Waals surface area (Å²) in [4.78, 5) is 13.8. The third-order valence-electron chi connectivity index (χ3n) is 5.73. The van der Waals surface area contributed by atoms with E-state index < -0.39 is 0 Å². The molecular formula is C21H37IN6O. The third kappa shape index (κ3) is 7.25. The van der Waals surface area contributed by atoms with Gasteiger partial charge in [0.2, 0.25) is 0 Å². The summed E-state index contributed by atoms with van der Waals surface area (Å²) in [6.45, 7) is 11.9. The highest BCUT2D eigenvalue weighted by atomic mass is 127. The maximum Gasteiger partial charge on any atom is 0.191 e. The molecule has 2 fully saturated rings. The number of hydrogen-bond donors (Lipinski definition) is 2. The summed E-state index contributed by atoms with van der Waals surface area (Å²) in [7, 11) is 1.82. The molecule has 2 saturated heterocycles. The first kappa shape index (κ1) is 24.1. The molecule has 2 N–H and O–H groups in total. The first-order chi connectivity index (χ1) is 13.6. The standard InChI is InChI=1S/C21H36N6O.HI/c1-21(2,27-11-13-28-14-12-27)17-25-20(22-3)24-16-18-7-8-23-19(15-18)26-9-5-4-6-10-26;/h7-8,15H,4-6,9-14,16-17H2,1-3H3,(H2,22,24,25);1H. The zero-order valence-electron chi connectivity index (χ0n) is 18.1. The van der Waals surface area contributed by atoms with Crippen LogP contribution in [-0.4, -0.2) is 74.4 Å². The summed E-state index contributed by atoms with van der Waals surface area (Å²) in [6.07, 6.45) is 5.78. The molecule has 2 aliphatic rings. The van der Waals surface area contributed by atoms with Gasteiger partial charge in [-0.05, 0) is 50.8 Å². The molecule has 164 valence electrons. The lowest BCUT2D eigenvalue weighted by molar-refractivity contribution is -0.00834. The van der Waals surface area contributed by atoms with Crippen LogP contribution in [0.3, 0.4) is 0 Å². The second kappa shape index (κ2) is 11.9. The minimum absolute atomic E-state index is 0. The topological polar surface area (TPSA) is 65.0 Å². The van der Waals surface area contributed by atoms with Crippen molar-refractivity contribution < 1.29 is 4.74 Å². The van der Waals surface area contributed by atoms with Crippen LogP contribution in [0.15, 0.2) is 23.3 Å². The van der Waals surface area contributed by atoms with Crippen molar-refractivity contribution in [2.45, 2.75) is 45.2 Å². The van der Waals surface area contributed by atoms with Gasteiger partial charge in [0.25, 0.3) is 0 Å². The van der Waals surface area contributed by atoms with Crippen LogP contribution in [0.2, 0.25) is 0 Å². The Labute approximate surface area is 192 Å². The van der Waals surface area contributed by atoms with Crippen molar-refractivity contribution >= 4 is 35.8 Å². The minimum Gasteiger partial charge on any atom is -0.379 e. The van der Waals surface area contributed by atoms with Crippen LogP contribution in [0.1, 0.15) is 38.7 Å². The predicted octanol–water partition coefficient (Wildman–Crippen LogP) is 2.47. The lowest BCUT2D eigenvalue weighted by Crippen LogP contribution is -2.56. The second-order valence-electron chi connectivity index (χ2n) is 8.26. The second-order valence-corrected chi connectivity index (χ2v) is 8.26. The fraction of sp³-hybridized carbons (Fsp3) is 0.714. The van der Waals surface area contributed by atoms with Crippen LogP contribution in [0.25, 0.3) is 0 Å². The van der Waals surface area contributed by atoms with E-state index >= 15 is 0 Å². The number of guanidine groups is 1.